The molecule has 2 heterocycles. The molecule has 1 aliphatic heterocycles. The highest BCUT2D eigenvalue weighted by molar-refractivity contribution is 5.90. The topological polar surface area (TPSA) is 98.3 Å². The number of carboxylic acids is 2. The minimum absolute atomic E-state index is 0.0278. The Labute approximate surface area is 159 Å². The highest BCUT2D eigenvalue weighted by Gasteiger charge is 2.17. The van der Waals surface area contributed by atoms with Gasteiger partial charge in [-0.05, 0) is 43.5 Å². The molecular weight excluding hydrogens is 346 g/mol. The van der Waals surface area contributed by atoms with Crippen molar-refractivity contribution in [1.29, 1.82) is 0 Å². The molecule has 2 aromatic rings. The number of aromatic nitrogens is 2. The van der Waals surface area contributed by atoms with Crippen molar-refractivity contribution in [2.24, 2.45) is 0 Å². The van der Waals surface area contributed by atoms with Gasteiger partial charge in [0.2, 0.25) is 6.33 Å². The molecule has 1 saturated heterocycles. The van der Waals surface area contributed by atoms with Crippen LogP contribution in [-0.2, 0) is 13.1 Å². The number of hydrogen-bond donors (Lipinski definition) is 2. The van der Waals surface area contributed by atoms with Crippen molar-refractivity contribution in [2.45, 2.75) is 51.7 Å². The van der Waals surface area contributed by atoms with Crippen LogP contribution in [0.5, 0.6) is 0 Å². The average molecular weight is 373 g/mol. The lowest BCUT2D eigenvalue weighted by Crippen LogP contribution is -2.41. The molecule has 1 atom stereocenters. The van der Waals surface area contributed by atoms with E-state index in [0.29, 0.717) is 6.04 Å². The number of carbonyl (C=O) groups excluding carboxylic acids is 1. The van der Waals surface area contributed by atoms with E-state index >= 15 is 0 Å². The maximum Gasteiger partial charge on any atom is 0.335 e. The predicted octanol–water partition coefficient (Wildman–Crippen LogP) is 1.08. The van der Waals surface area contributed by atoms with Crippen LogP contribution in [0.25, 0.3) is 0 Å². The van der Waals surface area contributed by atoms with Gasteiger partial charge in [-0.3, -0.25) is 0 Å². The first-order valence-electron chi connectivity index (χ1n) is 9.32. The summed E-state index contributed by atoms with van der Waals surface area (Å²) in [6.45, 7) is 5.71. The van der Waals surface area contributed by atoms with E-state index in [4.69, 9.17) is 5.11 Å². The lowest BCUT2D eigenvalue weighted by molar-refractivity contribution is -0.698. The molecule has 0 saturated carbocycles. The van der Waals surface area contributed by atoms with Gasteiger partial charge < -0.3 is 20.3 Å². The monoisotopic (exact) mass is 373 g/mol. The second-order valence-corrected chi connectivity index (χ2v) is 6.67. The summed E-state index contributed by atoms with van der Waals surface area (Å²) in [7, 11) is 0. The standard InChI is InChI=1S/C12H22N3.C8H6O4/c1-2-3-7-14-8-9-15(11-14)10-12-5-4-6-13-12;9-7(10)5-1-2-6(4-3-5)8(11)12/h8-9,11-13H,2-7,10H2,1H3;1-4H,(H,9,10)(H,11,12)/q+1;/p-1/t12-;/m0./s1. The molecule has 0 radical (unpaired) electrons. The van der Waals surface area contributed by atoms with Crippen molar-refractivity contribution in [3.8, 4) is 0 Å². The number of benzene rings is 1. The van der Waals surface area contributed by atoms with E-state index in [2.05, 4.69) is 40.1 Å². The molecule has 1 aromatic heterocycles. The Morgan fingerprint density at radius 1 is 1.30 bits per heavy atom. The number of aromatic carboxylic acids is 2. The fourth-order valence-corrected chi connectivity index (χ4v) is 2.94. The number of aryl methyl sites for hydroxylation is 1. The molecule has 1 aromatic carbocycles. The molecule has 1 fully saturated rings. The summed E-state index contributed by atoms with van der Waals surface area (Å²) in [5, 5.41) is 22.2. The molecule has 0 spiro atoms. The van der Waals surface area contributed by atoms with Crippen molar-refractivity contribution >= 4 is 11.9 Å². The van der Waals surface area contributed by atoms with Crippen LogP contribution in [0.3, 0.4) is 0 Å². The quantitative estimate of drug-likeness (QED) is 0.708. The van der Waals surface area contributed by atoms with Gasteiger partial charge in [0.25, 0.3) is 0 Å². The maximum absolute atomic E-state index is 10.3. The zero-order chi connectivity index (χ0) is 19.6. The third-order valence-electron chi connectivity index (χ3n) is 4.48. The lowest BCUT2D eigenvalue weighted by Gasteiger charge is -2.05. The summed E-state index contributed by atoms with van der Waals surface area (Å²) < 4.78 is 4.59. The first-order valence-corrected chi connectivity index (χ1v) is 9.32. The molecule has 0 unspecified atom stereocenters. The van der Waals surface area contributed by atoms with Crippen molar-refractivity contribution in [3.05, 3.63) is 54.1 Å². The van der Waals surface area contributed by atoms with Gasteiger partial charge in [0.15, 0.2) is 0 Å². The van der Waals surface area contributed by atoms with Gasteiger partial charge in [0.1, 0.15) is 18.9 Å². The number of nitrogens with one attached hydrogen (secondary N) is 1. The number of carboxylic acid groups (broad SMARTS) is 2. The van der Waals surface area contributed by atoms with E-state index in [1.54, 1.807) is 0 Å². The Morgan fingerprint density at radius 2 is 2.00 bits per heavy atom. The van der Waals surface area contributed by atoms with Crippen molar-refractivity contribution in [2.75, 3.05) is 6.54 Å². The summed E-state index contributed by atoms with van der Waals surface area (Å²) in [5.74, 6) is -2.40. The SMILES string of the molecule is CCCCn1cc[n+](C[C@@H]2CCCN2)c1.O=C([O-])c1ccc(C(=O)O)cc1. The fourth-order valence-electron chi connectivity index (χ4n) is 2.94. The zero-order valence-corrected chi connectivity index (χ0v) is 15.6. The van der Waals surface area contributed by atoms with Crippen LogP contribution in [0.15, 0.2) is 43.0 Å². The van der Waals surface area contributed by atoms with Gasteiger partial charge >= 0.3 is 5.97 Å². The van der Waals surface area contributed by atoms with Crippen LogP contribution >= 0.6 is 0 Å². The zero-order valence-electron chi connectivity index (χ0n) is 15.6. The van der Waals surface area contributed by atoms with Crippen LogP contribution in [0, 0.1) is 0 Å². The molecule has 7 heteroatoms. The second-order valence-electron chi connectivity index (χ2n) is 6.67. The number of unbranched alkanes of at least 4 members (excludes halogenated alkanes) is 1. The summed E-state index contributed by atoms with van der Waals surface area (Å²) in [4.78, 5) is 20.5. The molecule has 7 nitrogen and oxygen atoms in total. The molecule has 146 valence electrons. The highest BCUT2D eigenvalue weighted by Crippen LogP contribution is 2.04. The predicted molar refractivity (Wildman–Crippen MR) is 98.3 cm³/mol. The van der Waals surface area contributed by atoms with Gasteiger partial charge in [0.05, 0.1) is 18.1 Å². The smallest absolute Gasteiger partial charge is 0.335 e. The minimum atomic E-state index is -1.31. The molecule has 2 N–H and O–H groups in total. The van der Waals surface area contributed by atoms with Crippen molar-refractivity contribution < 1.29 is 24.4 Å². The second kappa shape index (κ2) is 10.5. The Hall–Kier alpha value is -2.67. The Morgan fingerprint density at radius 3 is 2.56 bits per heavy atom. The largest absolute Gasteiger partial charge is 0.545 e. The van der Waals surface area contributed by atoms with Crippen LogP contribution in [0.2, 0.25) is 0 Å². The van der Waals surface area contributed by atoms with Gasteiger partial charge in [0, 0.05) is 6.04 Å². The van der Waals surface area contributed by atoms with E-state index in [1.807, 2.05) is 0 Å². The van der Waals surface area contributed by atoms with Crippen LogP contribution in [0.4, 0.5) is 0 Å². The average Bonchev–Trinajstić information content (AvgIpc) is 3.33. The third kappa shape index (κ3) is 6.86. The molecule has 0 bridgehead atoms. The first kappa shape index (κ1) is 20.6. The van der Waals surface area contributed by atoms with E-state index < -0.39 is 11.9 Å². The third-order valence-corrected chi connectivity index (χ3v) is 4.48. The summed E-state index contributed by atoms with van der Waals surface area (Å²) in [6.07, 6.45) is 11.8. The Balaban J connectivity index is 0.000000199. The number of rotatable bonds is 7. The summed E-state index contributed by atoms with van der Waals surface area (Å²) in [5.41, 5.74) is 0.0278. The molecule has 3 rings (SSSR count). The van der Waals surface area contributed by atoms with E-state index in [9.17, 15) is 14.7 Å². The Kier molecular flexibility index (Phi) is 8.00. The summed E-state index contributed by atoms with van der Waals surface area (Å²) >= 11 is 0. The Bertz CT molecular complexity index is 701. The molecule has 27 heavy (non-hydrogen) atoms. The van der Waals surface area contributed by atoms with Gasteiger partial charge in [-0.15, -0.1) is 0 Å². The normalized spacial score (nSPS) is 15.8. The van der Waals surface area contributed by atoms with Crippen molar-refractivity contribution in [1.82, 2.24) is 9.88 Å². The molecule has 0 amide bonds. The van der Waals surface area contributed by atoms with Gasteiger partial charge in [-0.25, -0.2) is 13.9 Å². The number of nitrogens with zero attached hydrogens (tertiary/aromatic N) is 2. The highest BCUT2D eigenvalue weighted by atomic mass is 16.4. The minimum Gasteiger partial charge on any atom is -0.545 e. The number of imidazole rings is 1. The molecule has 1 aliphatic rings. The van der Waals surface area contributed by atoms with Gasteiger partial charge in [-0.2, -0.15) is 0 Å². The molecule has 0 aliphatic carbocycles. The van der Waals surface area contributed by atoms with Crippen LogP contribution in [0.1, 0.15) is 53.3 Å². The number of hydrogen-bond acceptors (Lipinski definition) is 4. The lowest BCUT2D eigenvalue weighted by atomic mass is 10.1. The maximum atomic E-state index is 10.3. The van der Waals surface area contributed by atoms with Crippen LogP contribution in [-0.4, -0.2) is 34.2 Å². The first-order chi connectivity index (χ1) is 13.0. The number of carbonyl (C=O) groups is 2. The van der Waals surface area contributed by atoms with E-state index in [1.165, 1.54) is 56.5 Å². The van der Waals surface area contributed by atoms with E-state index in [-0.39, 0.29) is 11.1 Å². The summed E-state index contributed by atoms with van der Waals surface area (Å²) in [6, 6.07) is 5.51. The molecular formula is C20H27N3O4. The fraction of sp³-hybridized carbons (Fsp3) is 0.450. The van der Waals surface area contributed by atoms with Crippen LogP contribution < -0.4 is 15.0 Å². The van der Waals surface area contributed by atoms with E-state index in [0.717, 1.165) is 13.1 Å². The van der Waals surface area contributed by atoms with Crippen molar-refractivity contribution in [3.63, 3.8) is 0 Å². The van der Waals surface area contributed by atoms with Gasteiger partial charge in [-0.1, -0.05) is 25.5 Å².